The van der Waals surface area contributed by atoms with Crippen LogP contribution in [0.15, 0.2) is 40.2 Å². The van der Waals surface area contributed by atoms with Crippen LogP contribution in [-0.2, 0) is 4.79 Å². The molecule has 1 amide bonds. The van der Waals surface area contributed by atoms with Crippen molar-refractivity contribution in [3.8, 4) is 0 Å². The third kappa shape index (κ3) is 4.20. The second-order valence-corrected chi connectivity index (χ2v) is 6.38. The van der Waals surface area contributed by atoms with Gasteiger partial charge in [0.2, 0.25) is 5.91 Å². The summed E-state index contributed by atoms with van der Waals surface area (Å²) < 4.78 is 14.4. The van der Waals surface area contributed by atoms with Gasteiger partial charge < -0.3 is 5.32 Å². The molecule has 0 aliphatic carbocycles. The zero-order valence-electron chi connectivity index (χ0n) is 10.4. The van der Waals surface area contributed by atoms with E-state index in [1.54, 1.807) is 6.08 Å². The molecule has 0 atom stereocenters. The monoisotopic (exact) mass is 370 g/mol. The minimum absolute atomic E-state index is 0.230. The molecule has 0 unspecified atom stereocenters. The van der Waals surface area contributed by atoms with Crippen LogP contribution in [-0.4, -0.2) is 10.8 Å². The van der Waals surface area contributed by atoms with E-state index in [2.05, 4.69) is 21.2 Å². The number of carbonyl (C=O) groups excluding carboxylic acids is 1. The smallest absolute Gasteiger partial charge is 0.271 e. The lowest BCUT2D eigenvalue weighted by atomic mass is 10.2. The Hall–Kier alpha value is -2.06. The highest BCUT2D eigenvalue weighted by atomic mass is 79.9. The number of rotatable bonds is 4. The van der Waals surface area contributed by atoms with Crippen molar-refractivity contribution in [2.24, 2.45) is 0 Å². The summed E-state index contributed by atoms with van der Waals surface area (Å²) in [6, 6.07) is 6.59. The van der Waals surface area contributed by atoms with E-state index in [1.165, 1.54) is 17.4 Å². The van der Waals surface area contributed by atoms with Gasteiger partial charge >= 0.3 is 0 Å². The number of thiophene rings is 1. The second kappa shape index (κ2) is 6.59. The van der Waals surface area contributed by atoms with Crippen molar-refractivity contribution in [1.29, 1.82) is 0 Å². The molecule has 108 valence electrons. The Kier molecular flexibility index (Phi) is 4.81. The Morgan fingerprint density at radius 2 is 2.14 bits per heavy atom. The van der Waals surface area contributed by atoms with Crippen molar-refractivity contribution < 1.29 is 14.1 Å². The van der Waals surface area contributed by atoms with Gasteiger partial charge in [-0.05, 0) is 40.2 Å². The number of amides is 1. The first-order chi connectivity index (χ1) is 9.95. The largest absolute Gasteiger partial charge is 0.320 e. The van der Waals surface area contributed by atoms with Gasteiger partial charge in [0, 0.05) is 23.1 Å². The second-order valence-electron chi connectivity index (χ2n) is 3.89. The Balaban J connectivity index is 2.10. The summed E-state index contributed by atoms with van der Waals surface area (Å²) in [6.45, 7) is 0. The summed E-state index contributed by atoms with van der Waals surface area (Å²) >= 11 is 4.73. The van der Waals surface area contributed by atoms with Gasteiger partial charge in [-0.1, -0.05) is 0 Å². The third-order valence-electron chi connectivity index (χ3n) is 2.41. The van der Waals surface area contributed by atoms with Gasteiger partial charge in [0.1, 0.15) is 5.82 Å². The molecular formula is C13H8BrFN2O3S. The highest BCUT2D eigenvalue weighted by Gasteiger charge is 2.12. The minimum Gasteiger partial charge on any atom is -0.320 e. The van der Waals surface area contributed by atoms with Gasteiger partial charge in [-0.2, -0.15) is 0 Å². The zero-order valence-corrected chi connectivity index (χ0v) is 12.8. The number of halogens is 2. The molecule has 0 radical (unpaired) electrons. The molecule has 1 aromatic heterocycles. The first-order valence-electron chi connectivity index (χ1n) is 5.64. The fourth-order valence-electron chi connectivity index (χ4n) is 1.47. The van der Waals surface area contributed by atoms with Crippen LogP contribution in [0.4, 0.5) is 15.8 Å². The van der Waals surface area contributed by atoms with Crippen LogP contribution in [0.3, 0.4) is 0 Å². The molecule has 1 aromatic carbocycles. The Bertz CT molecular complexity index is 730. The van der Waals surface area contributed by atoms with E-state index in [0.29, 0.717) is 0 Å². The number of nitro benzene ring substituents is 1. The standard InChI is InChI=1S/C13H8BrFN2O3S/c14-12-5-2-9(21-12)3-6-13(18)16-11-7-8(17(19)20)1-4-10(11)15/h1-7H,(H,16,18). The average molecular weight is 371 g/mol. The summed E-state index contributed by atoms with van der Waals surface area (Å²) in [5.41, 5.74) is -0.524. The van der Waals surface area contributed by atoms with Crippen LogP contribution in [0.1, 0.15) is 4.88 Å². The first kappa shape index (κ1) is 15.3. The first-order valence-corrected chi connectivity index (χ1v) is 7.25. The van der Waals surface area contributed by atoms with Gasteiger partial charge in [0.15, 0.2) is 0 Å². The number of hydrogen-bond donors (Lipinski definition) is 1. The van der Waals surface area contributed by atoms with E-state index >= 15 is 0 Å². The van der Waals surface area contributed by atoms with E-state index in [9.17, 15) is 19.3 Å². The SMILES string of the molecule is O=C(C=Cc1ccc(Br)s1)Nc1cc([N+](=O)[O-])ccc1F. The van der Waals surface area contributed by atoms with Crippen molar-refractivity contribution in [3.05, 3.63) is 61.0 Å². The number of anilines is 1. The Labute approximate surface area is 131 Å². The average Bonchev–Trinajstić information content (AvgIpc) is 2.84. The van der Waals surface area contributed by atoms with Crippen LogP contribution in [0.5, 0.6) is 0 Å². The molecule has 8 heteroatoms. The number of carbonyl (C=O) groups is 1. The van der Waals surface area contributed by atoms with Gasteiger partial charge in [-0.25, -0.2) is 4.39 Å². The predicted molar refractivity (Wildman–Crippen MR) is 82.7 cm³/mol. The molecular weight excluding hydrogens is 363 g/mol. The molecule has 0 aliphatic heterocycles. The van der Waals surface area contributed by atoms with E-state index < -0.39 is 16.6 Å². The van der Waals surface area contributed by atoms with Crippen molar-refractivity contribution >= 4 is 50.6 Å². The molecule has 0 spiro atoms. The molecule has 2 aromatic rings. The van der Waals surface area contributed by atoms with Gasteiger partial charge in [-0.15, -0.1) is 11.3 Å². The number of nitrogens with zero attached hydrogens (tertiary/aromatic N) is 1. The lowest BCUT2D eigenvalue weighted by molar-refractivity contribution is -0.384. The molecule has 1 heterocycles. The van der Waals surface area contributed by atoms with Gasteiger partial charge in [0.05, 0.1) is 14.4 Å². The molecule has 0 saturated carbocycles. The molecule has 0 aliphatic rings. The lowest BCUT2D eigenvalue weighted by Crippen LogP contribution is -2.09. The van der Waals surface area contributed by atoms with E-state index in [4.69, 9.17) is 0 Å². The Morgan fingerprint density at radius 3 is 2.76 bits per heavy atom. The van der Waals surface area contributed by atoms with E-state index in [-0.39, 0.29) is 11.4 Å². The molecule has 5 nitrogen and oxygen atoms in total. The Morgan fingerprint density at radius 1 is 1.38 bits per heavy atom. The maximum Gasteiger partial charge on any atom is 0.271 e. The molecule has 0 bridgehead atoms. The van der Waals surface area contributed by atoms with Crippen LogP contribution < -0.4 is 5.32 Å². The van der Waals surface area contributed by atoms with Gasteiger partial charge in [-0.3, -0.25) is 14.9 Å². The quantitative estimate of drug-likeness (QED) is 0.497. The predicted octanol–water partition coefficient (Wildman–Crippen LogP) is 4.21. The number of non-ortho nitro benzene ring substituents is 1. The minimum atomic E-state index is -0.735. The maximum absolute atomic E-state index is 13.5. The van der Waals surface area contributed by atoms with Crippen LogP contribution in [0.25, 0.3) is 6.08 Å². The fourth-order valence-corrected chi connectivity index (χ4v) is 2.80. The number of nitrogens with one attached hydrogen (secondary N) is 1. The number of benzene rings is 1. The highest BCUT2D eigenvalue weighted by Crippen LogP contribution is 2.23. The van der Waals surface area contributed by atoms with Crippen LogP contribution in [0.2, 0.25) is 0 Å². The number of nitro groups is 1. The van der Waals surface area contributed by atoms with Crippen LogP contribution >= 0.6 is 27.3 Å². The maximum atomic E-state index is 13.5. The molecule has 1 N–H and O–H groups in total. The van der Waals surface area contributed by atoms with Crippen molar-refractivity contribution in [2.45, 2.75) is 0 Å². The highest BCUT2D eigenvalue weighted by molar-refractivity contribution is 9.11. The van der Waals surface area contributed by atoms with Crippen LogP contribution in [0, 0.1) is 15.9 Å². The number of hydrogen-bond acceptors (Lipinski definition) is 4. The molecule has 2 rings (SSSR count). The summed E-state index contributed by atoms with van der Waals surface area (Å²) in [7, 11) is 0. The van der Waals surface area contributed by atoms with Gasteiger partial charge in [0.25, 0.3) is 5.69 Å². The third-order valence-corrected chi connectivity index (χ3v) is 4.00. The van der Waals surface area contributed by atoms with E-state index in [1.807, 2.05) is 12.1 Å². The molecule has 0 fully saturated rings. The summed E-state index contributed by atoms with van der Waals surface area (Å²) in [6.07, 6.45) is 2.80. The summed E-state index contributed by atoms with van der Waals surface area (Å²) in [5, 5.41) is 12.9. The van der Waals surface area contributed by atoms with Crippen molar-refractivity contribution in [3.63, 3.8) is 0 Å². The van der Waals surface area contributed by atoms with Crippen molar-refractivity contribution in [2.75, 3.05) is 5.32 Å². The lowest BCUT2D eigenvalue weighted by Gasteiger charge is -2.03. The molecule has 0 saturated heterocycles. The zero-order chi connectivity index (χ0) is 15.4. The topological polar surface area (TPSA) is 72.2 Å². The summed E-state index contributed by atoms with van der Waals surface area (Å²) in [5.74, 6) is -1.31. The normalized spacial score (nSPS) is 10.8. The van der Waals surface area contributed by atoms with E-state index in [0.717, 1.165) is 26.9 Å². The molecule has 21 heavy (non-hydrogen) atoms. The fraction of sp³-hybridized carbons (Fsp3) is 0. The van der Waals surface area contributed by atoms with Crippen molar-refractivity contribution in [1.82, 2.24) is 0 Å². The summed E-state index contributed by atoms with van der Waals surface area (Å²) in [4.78, 5) is 22.5.